The molecule has 0 aliphatic carbocycles. The Hall–Kier alpha value is -1.18. The highest BCUT2D eigenvalue weighted by Gasteiger charge is 2.44. The Labute approximate surface area is 164 Å². The maximum Gasteiger partial charge on any atom is 0.165 e. The van der Waals surface area contributed by atoms with Crippen LogP contribution in [0.15, 0.2) is 36.9 Å². The first kappa shape index (κ1) is 22.1. The number of hydrogen-bond donors (Lipinski definition) is 0. The summed E-state index contributed by atoms with van der Waals surface area (Å²) in [5, 5.41) is 0. The van der Waals surface area contributed by atoms with Gasteiger partial charge in [-0.1, -0.05) is 37.8 Å². The molecule has 0 bridgehead atoms. The number of benzene rings is 1. The quantitative estimate of drug-likeness (QED) is 0.321. The second-order valence-corrected chi connectivity index (χ2v) is 13.7. The standard InChI is InChI=1S/C21H34O5Si/c1-7-19-20(25-14-16-8-10-17(22-2)11-9-16)18(21(23-3)26-19)15-24-12-13-27(4,5)6/h7-11,18-21H,1,12-15H2,2-6H3/t18-,19-,20-,21?/m1/s1. The molecule has 152 valence electrons. The van der Waals surface area contributed by atoms with Crippen LogP contribution in [0.2, 0.25) is 25.7 Å². The minimum Gasteiger partial charge on any atom is -0.497 e. The van der Waals surface area contributed by atoms with Crippen molar-refractivity contribution in [3.8, 4) is 5.75 Å². The normalized spacial score (nSPS) is 25.5. The van der Waals surface area contributed by atoms with Gasteiger partial charge in [-0.25, -0.2) is 0 Å². The molecule has 5 nitrogen and oxygen atoms in total. The smallest absolute Gasteiger partial charge is 0.165 e. The van der Waals surface area contributed by atoms with Crippen molar-refractivity contribution >= 4 is 8.07 Å². The second kappa shape index (κ2) is 10.4. The lowest BCUT2D eigenvalue weighted by atomic mass is 10.0. The minimum atomic E-state index is -1.11. The average molecular weight is 395 g/mol. The van der Waals surface area contributed by atoms with E-state index in [0.29, 0.717) is 13.2 Å². The van der Waals surface area contributed by atoms with Crippen molar-refractivity contribution in [1.29, 1.82) is 0 Å². The highest BCUT2D eigenvalue weighted by Crippen LogP contribution is 2.32. The van der Waals surface area contributed by atoms with Crippen molar-refractivity contribution in [1.82, 2.24) is 0 Å². The zero-order valence-electron chi connectivity index (χ0n) is 17.3. The van der Waals surface area contributed by atoms with Crippen LogP contribution in [0.1, 0.15) is 5.56 Å². The Morgan fingerprint density at radius 1 is 1.15 bits per heavy atom. The Morgan fingerprint density at radius 3 is 2.41 bits per heavy atom. The molecule has 0 saturated carbocycles. The molecule has 1 unspecified atom stereocenters. The molecule has 6 heteroatoms. The molecular formula is C21H34O5Si. The van der Waals surface area contributed by atoms with Crippen LogP contribution in [0.4, 0.5) is 0 Å². The van der Waals surface area contributed by atoms with Gasteiger partial charge in [0.15, 0.2) is 6.29 Å². The minimum absolute atomic E-state index is 0.0119. The van der Waals surface area contributed by atoms with E-state index in [4.69, 9.17) is 23.7 Å². The zero-order valence-corrected chi connectivity index (χ0v) is 18.3. The Balaban J connectivity index is 1.96. The van der Waals surface area contributed by atoms with Crippen LogP contribution in [-0.2, 0) is 25.6 Å². The van der Waals surface area contributed by atoms with Crippen molar-refractivity contribution in [2.75, 3.05) is 27.4 Å². The van der Waals surface area contributed by atoms with Gasteiger partial charge in [-0.3, -0.25) is 0 Å². The summed E-state index contributed by atoms with van der Waals surface area (Å²) in [6.45, 7) is 12.8. The molecule has 4 atom stereocenters. The molecule has 1 aliphatic rings. The van der Waals surface area contributed by atoms with Crippen LogP contribution in [-0.4, -0.2) is 54.0 Å². The van der Waals surface area contributed by atoms with Crippen LogP contribution in [0, 0.1) is 5.92 Å². The molecule has 27 heavy (non-hydrogen) atoms. The molecule has 0 spiro atoms. The van der Waals surface area contributed by atoms with Gasteiger partial charge < -0.3 is 23.7 Å². The van der Waals surface area contributed by atoms with Crippen molar-refractivity contribution in [2.45, 2.75) is 50.8 Å². The van der Waals surface area contributed by atoms with Gasteiger partial charge in [0, 0.05) is 21.8 Å². The summed E-state index contributed by atoms with van der Waals surface area (Å²) in [5.74, 6) is 0.845. The summed E-state index contributed by atoms with van der Waals surface area (Å²) in [6, 6.07) is 9.02. The lowest BCUT2D eigenvalue weighted by molar-refractivity contribution is -0.132. The molecule has 1 aromatic rings. The lowest BCUT2D eigenvalue weighted by Crippen LogP contribution is -2.34. The largest absolute Gasteiger partial charge is 0.497 e. The average Bonchev–Trinajstić information content (AvgIpc) is 3.00. The van der Waals surface area contributed by atoms with E-state index in [1.165, 1.54) is 0 Å². The highest BCUT2D eigenvalue weighted by atomic mass is 28.3. The van der Waals surface area contributed by atoms with Gasteiger partial charge in [0.05, 0.1) is 32.3 Å². The number of methoxy groups -OCH3 is 2. The predicted molar refractivity (Wildman–Crippen MR) is 110 cm³/mol. The lowest BCUT2D eigenvalue weighted by Gasteiger charge is -2.24. The molecule has 1 saturated heterocycles. The Kier molecular flexibility index (Phi) is 8.50. The van der Waals surface area contributed by atoms with Gasteiger partial charge in [0.2, 0.25) is 0 Å². The molecule has 0 N–H and O–H groups in total. The predicted octanol–water partition coefficient (Wildman–Crippen LogP) is 4.11. The third-order valence-electron chi connectivity index (χ3n) is 4.76. The molecule has 1 aliphatic heterocycles. The Bertz CT molecular complexity index is 569. The highest BCUT2D eigenvalue weighted by molar-refractivity contribution is 6.76. The summed E-state index contributed by atoms with van der Waals surface area (Å²) < 4.78 is 28.9. The third-order valence-corrected chi connectivity index (χ3v) is 6.46. The van der Waals surface area contributed by atoms with E-state index in [1.54, 1.807) is 20.3 Å². The van der Waals surface area contributed by atoms with E-state index in [1.807, 2.05) is 24.3 Å². The summed E-state index contributed by atoms with van der Waals surface area (Å²) in [5.41, 5.74) is 1.08. The maximum absolute atomic E-state index is 6.22. The fourth-order valence-corrected chi connectivity index (χ4v) is 3.81. The third kappa shape index (κ3) is 6.73. The van der Waals surface area contributed by atoms with Gasteiger partial charge in [-0.15, -0.1) is 6.58 Å². The van der Waals surface area contributed by atoms with Gasteiger partial charge in [0.1, 0.15) is 11.9 Å². The molecule has 0 amide bonds. The summed E-state index contributed by atoms with van der Waals surface area (Å²) >= 11 is 0. The number of hydrogen-bond acceptors (Lipinski definition) is 5. The van der Waals surface area contributed by atoms with Gasteiger partial charge >= 0.3 is 0 Å². The molecular weight excluding hydrogens is 360 g/mol. The summed E-state index contributed by atoms with van der Waals surface area (Å²) in [6.07, 6.45) is 1.08. The molecule has 0 radical (unpaired) electrons. The van der Waals surface area contributed by atoms with Gasteiger partial charge in [-0.05, 0) is 23.7 Å². The van der Waals surface area contributed by atoms with Crippen molar-refractivity contribution in [3.63, 3.8) is 0 Å². The first-order valence-electron chi connectivity index (χ1n) is 9.51. The van der Waals surface area contributed by atoms with Gasteiger partial charge in [0.25, 0.3) is 0 Å². The number of ether oxygens (including phenoxy) is 5. The first-order chi connectivity index (χ1) is 12.9. The van der Waals surface area contributed by atoms with Crippen molar-refractivity contribution < 1.29 is 23.7 Å². The van der Waals surface area contributed by atoms with Crippen LogP contribution >= 0.6 is 0 Å². The second-order valence-electron chi connectivity index (χ2n) is 8.11. The van der Waals surface area contributed by atoms with E-state index >= 15 is 0 Å². The first-order valence-corrected chi connectivity index (χ1v) is 13.2. The van der Waals surface area contributed by atoms with Crippen molar-refractivity contribution in [3.05, 3.63) is 42.5 Å². The molecule has 1 fully saturated rings. The van der Waals surface area contributed by atoms with Crippen LogP contribution in [0.25, 0.3) is 0 Å². The zero-order chi connectivity index (χ0) is 19.9. The fraction of sp³-hybridized carbons (Fsp3) is 0.619. The monoisotopic (exact) mass is 394 g/mol. The van der Waals surface area contributed by atoms with E-state index in [-0.39, 0.29) is 24.4 Å². The molecule has 0 aromatic heterocycles. The van der Waals surface area contributed by atoms with E-state index in [9.17, 15) is 0 Å². The number of rotatable bonds is 11. The molecule has 1 heterocycles. The van der Waals surface area contributed by atoms with E-state index in [2.05, 4.69) is 26.2 Å². The Morgan fingerprint density at radius 2 is 1.85 bits per heavy atom. The van der Waals surface area contributed by atoms with Crippen LogP contribution in [0.3, 0.4) is 0 Å². The van der Waals surface area contributed by atoms with E-state index in [0.717, 1.165) is 24.0 Å². The van der Waals surface area contributed by atoms with Crippen LogP contribution < -0.4 is 4.74 Å². The SMILES string of the molecule is C=C[C@H]1OC(OC)[C@H](COCC[Si](C)(C)C)[C@H]1OCc1ccc(OC)cc1. The van der Waals surface area contributed by atoms with Crippen molar-refractivity contribution in [2.24, 2.45) is 5.92 Å². The molecule has 2 rings (SSSR count). The van der Waals surface area contributed by atoms with Gasteiger partial charge in [-0.2, -0.15) is 0 Å². The topological polar surface area (TPSA) is 46.2 Å². The maximum atomic E-state index is 6.22. The fourth-order valence-electron chi connectivity index (χ4n) is 3.06. The van der Waals surface area contributed by atoms with Crippen LogP contribution in [0.5, 0.6) is 5.75 Å². The summed E-state index contributed by atoms with van der Waals surface area (Å²) in [7, 11) is 2.21. The summed E-state index contributed by atoms with van der Waals surface area (Å²) in [4.78, 5) is 0. The van der Waals surface area contributed by atoms with E-state index < -0.39 is 8.07 Å². The molecule has 1 aromatic carbocycles.